The highest BCUT2D eigenvalue weighted by atomic mass is 16.4. The lowest BCUT2D eigenvalue weighted by Crippen LogP contribution is -2.42. The second kappa shape index (κ2) is 6.15. The van der Waals surface area contributed by atoms with Gasteiger partial charge in [-0.1, -0.05) is 6.58 Å². The van der Waals surface area contributed by atoms with Crippen molar-refractivity contribution in [2.45, 2.75) is 13.0 Å². The maximum Gasteiger partial charge on any atom is 0.334 e. The summed E-state index contributed by atoms with van der Waals surface area (Å²) in [6.45, 7) is 4.19. The van der Waals surface area contributed by atoms with Crippen LogP contribution in [0.2, 0.25) is 0 Å². The zero-order valence-corrected chi connectivity index (χ0v) is 8.51. The van der Waals surface area contributed by atoms with Gasteiger partial charge in [0.05, 0.1) is 13.2 Å². The van der Waals surface area contributed by atoms with Crippen molar-refractivity contribution in [3.8, 4) is 0 Å². The summed E-state index contributed by atoms with van der Waals surface area (Å²) in [7, 11) is 0. The molecule has 0 aliphatic heterocycles. The highest BCUT2D eigenvalue weighted by Crippen LogP contribution is 2.00. The zero-order valence-electron chi connectivity index (χ0n) is 8.51. The first kappa shape index (κ1) is 13.6. The number of carbonyl (C=O) groups is 2. The van der Waals surface area contributed by atoms with Crippen LogP contribution in [0.4, 0.5) is 0 Å². The van der Waals surface area contributed by atoms with E-state index in [2.05, 4.69) is 6.58 Å². The van der Waals surface area contributed by atoms with Gasteiger partial charge in [-0.15, -0.1) is 0 Å². The number of carboxylic acids is 1. The Morgan fingerprint density at radius 3 is 2.33 bits per heavy atom. The van der Waals surface area contributed by atoms with Crippen molar-refractivity contribution in [3.63, 3.8) is 0 Å². The second-order valence-corrected chi connectivity index (χ2v) is 3.11. The lowest BCUT2D eigenvalue weighted by atomic mass is 10.2. The first-order chi connectivity index (χ1) is 6.90. The third kappa shape index (κ3) is 4.57. The van der Waals surface area contributed by atoms with E-state index in [9.17, 15) is 9.59 Å². The van der Waals surface area contributed by atoms with Crippen LogP contribution < -0.4 is 0 Å². The number of hydrogen-bond acceptors (Lipinski definition) is 4. The van der Waals surface area contributed by atoms with E-state index in [4.69, 9.17) is 15.3 Å². The molecule has 0 aromatic rings. The van der Waals surface area contributed by atoms with Gasteiger partial charge in [-0.05, 0) is 6.92 Å². The minimum atomic E-state index is -1.65. The molecule has 86 valence electrons. The lowest BCUT2D eigenvalue weighted by Gasteiger charge is -2.22. The fourth-order valence-electron chi connectivity index (χ4n) is 0.953. The van der Waals surface area contributed by atoms with Crippen LogP contribution in [0.15, 0.2) is 12.2 Å². The van der Waals surface area contributed by atoms with Crippen LogP contribution >= 0.6 is 0 Å². The van der Waals surface area contributed by atoms with E-state index in [1.165, 1.54) is 6.92 Å². The number of nitrogens with zero attached hydrogens (tertiary/aromatic N) is 1. The van der Waals surface area contributed by atoms with E-state index in [0.29, 0.717) is 0 Å². The van der Waals surface area contributed by atoms with Crippen molar-refractivity contribution in [1.29, 1.82) is 0 Å². The van der Waals surface area contributed by atoms with Crippen molar-refractivity contribution in [1.82, 2.24) is 4.90 Å². The van der Waals surface area contributed by atoms with Crippen molar-refractivity contribution in [2.75, 3.05) is 19.7 Å². The fourth-order valence-corrected chi connectivity index (χ4v) is 0.953. The van der Waals surface area contributed by atoms with E-state index in [-0.39, 0.29) is 25.3 Å². The molecule has 0 heterocycles. The standard InChI is InChI=1S/C9H15NO5/c1-6(2)8(13)10(3-4-11)5-7(12)9(14)15/h7,11-12H,1,3-5H2,2H3,(H,14,15). The highest BCUT2D eigenvalue weighted by molar-refractivity contribution is 5.92. The van der Waals surface area contributed by atoms with Gasteiger partial charge in [-0.2, -0.15) is 0 Å². The highest BCUT2D eigenvalue weighted by Gasteiger charge is 2.21. The van der Waals surface area contributed by atoms with Gasteiger partial charge in [0.15, 0.2) is 6.10 Å². The molecule has 0 saturated carbocycles. The van der Waals surface area contributed by atoms with Gasteiger partial charge in [-0.3, -0.25) is 4.79 Å². The minimum absolute atomic E-state index is 0.0317. The van der Waals surface area contributed by atoms with Gasteiger partial charge < -0.3 is 20.2 Å². The molecule has 1 amide bonds. The van der Waals surface area contributed by atoms with Crippen LogP contribution in [-0.4, -0.2) is 57.9 Å². The molecule has 0 saturated heterocycles. The molecule has 15 heavy (non-hydrogen) atoms. The van der Waals surface area contributed by atoms with Crippen LogP contribution in [0.1, 0.15) is 6.92 Å². The van der Waals surface area contributed by atoms with Gasteiger partial charge in [0, 0.05) is 12.1 Å². The summed E-state index contributed by atoms with van der Waals surface area (Å²) < 4.78 is 0. The maximum absolute atomic E-state index is 11.4. The number of carboxylic acid groups (broad SMARTS) is 1. The summed E-state index contributed by atoms with van der Waals surface area (Å²) in [4.78, 5) is 22.8. The Kier molecular flexibility index (Phi) is 5.58. The number of amides is 1. The fraction of sp³-hybridized carbons (Fsp3) is 0.556. The van der Waals surface area contributed by atoms with Crippen molar-refractivity contribution in [3.05, 3.63) is 12.2 Å². The Morgan fingerprint density at radius 1 is 1.47 bits per heavy atom. The number of rotatable bonds is 6. The molecule has 6 nitrogen and oxygen atoms in total. The molecule has 0 rings (SSSR count). The Balaban J connectivity index is 4.46. The van der Waals surface area contributed by atoms with Crippen molar-refractivity contribution >= 4 is 11.9 Å². The molecule has 0 spiro atoms. The Hall–Kier alpha value is -1.40. The van der Waals surface area contributed by atoms with E-state index < -0.39 is 18.0 Å². The zero-order chi connectivity index (χ0) is 12.0. The summed E-state index contributed by atoms with van der Waals surface area (Å²) in [5.41, 5.74) is 0.223. The molecule has 0 aliphatic carbocycles. The average molecular weight is 217 g/mol. The van der Waals surface area contributed by atoms with Crippen molar-refractivity contribution in [2.24, 2.45) is 0 Å². The molecule has 0 aromatic heterocycles. The monoisotopic (exact) mass is 217 g/mol. The number of aliphatic hydroxyl groups is 2. The quantitative estimate of drug-likeness (QED) is 0.487. The van der Waals surface area contributed by atoms with Gasteiger partial charge in [0.1, 0.15) is 0 Å². The molecule has 0 aliphatic rings. The summed E-state index contributed by atoms with van der Waals surface area (Å²) in [6, 6.07) is 0. The molecule has 3 N–H and O–H groups in total. The number of hydrogen-bond donors (Lipinski definition) is 3. The van der Waals surface area contributed by atoms with Crippen LogP contribution in [0.3, 0.4) is 0 Å². The smallest absolute Gasteiger partial charge is 0.334 e. The van der Waals surface area contributed by atoms with E-state index in [0.717, 1.165) is 4.90 Å². The number of carbonyl (C=O) groups excluding carboxylic acids is 1. The summed E-state index contributed by atoms with van der Waals surface area (Å²) in [6.07, 6.45) is -1.65. The van der Waals surface area contributed by atoms with Gasteiger partial charge in [-0.25, -0.2) is 4.79 Å². The molecule has 0 bridgehead atoms. The second-order valence-electron chi connectivity index (χ2n) is 3.11. The third-order valence-electron chi connectivity index (χ3n) is 1.70. The summed E-state index contributed by atoms with van der Waals surface area (Å²) in [5, 5.41) is 26.2. The van der Waals surface area contributed by atoms with E-state index in [1.54, 1.807) is 0 Å². The SMILES string of the molecule is C=C(C)C(=O)N(CCO)CC(O)C(=O)O. The van der Waals surface area contributed by atoms with Crippen molar-refractivity contribution < 1.29 is 24.9 Å². The third-order valence-corrected chi connectivity index (χ3v) is 1.70. The minimum Gasteiger partial charge on any atom is -0.479 e. The summed E-state index contributed by atoms with van der Waals surface area (Å²) >= 11 is 0. The normalized spacial score (nSPS) is 11.9. The Morgan fingerprint density at radius 2 is 2.00 bits per heavy atom. The van der Waals surface area contributed by atoms with E-state index in [1.807, 2.05) is 0 Å². The molecule has 1 atom stereocenters. The van der Waals surface area contributed by atoms with Crippen LogP contribution in [0.25, 0.3) is 0 Å². The molecule has 0 fully saturated rings. The van der Waals surface area contributed by atoms with Gasteiger partial charge >= 0.3 is 5.97 Å². The molecule has 0 aromatic carbocycles. The average Bonchev–Trinajstić information content (AvgIpc) is 2.15. The molecule has 0 radical (unpaired) electrons. The topological polar surface area (TPSA) is 98.1 Å². The van der Waals surface area contributed by atoms with Crippen LogP contribution in [0.5, 0.6) is 0 Å². The van der Waals surface area contributed by atoms with Gasteiger partial charge in [0.2, 0.25) is 5.91 Å². The first-order valence-electron chi connectivity index (χ1n) is 4.36. The van der Waals surface area contributed by atoms with Gasteiger partial charge in [0.25, 0.3) is 0 Å². The lowest BCUT2D eigenvalue weighted by molar-refractivity contribution is -0.148. The Labute approximate surface area is 87.4 Å². The molecule has 6 heteroatoms. The Bertz CT molecular complexity index is 263. The number of aliphatic hydroxyl groups excluding tert-OH is 2. The molecule has 1 unspecified atom stereocenters. The van der Waals surface area contributed by atoms with Crippen LogP contribution in [-0.2, 0) is 9.59 Å². The number of aliphatic carboxylic acids is 1. The largest absolute Gasteiger partial charge is 0.479 e. The molecular formula is C9H15NO5. The summed E-state index contributed by atoms with van der Waals surface area (Å²) in [5.74, 6) is -1.89. The maximum atomic E-state index is 11.4. The predicted octanol–water partition coefficient (Wildman–Crippen LogP) is -1.17. The first-order valence-corrected chi connectivity index (χ1v) is 4.36. The molecular weight excluding hydrogens is 202 g/mol. The van der Waals surface area contributed by atoms with Crippen LogP contribution in [0, 0.1) is 0 Å². The van der Waals surface area contributed by atoms with E-state index >= 15 is 0 Å². The predicted molar refractivity (Wildman–Crippen MR) is 52.1 cm³/mol.